The van der Waals surface area contributed by atoms with Crippen molar-refractivity contribution in [3.63, 3.8) is 0 Å². The number of likely N-dealkylation sites (tertiary alicyclic amines) is 1. The normalized spacial score (nSPS) is 19.0. The topological polar surface area (TPSA) is 93.9 Å². The van der Waals surface area contributed by atoms with Gasteiger partial charge in [0.05, 0.1) is 22.5 Å². The van der Waals surface area contributed by atoms with Crippen LogP contribution in [-0.4, -0.2) is 39.4 Å². The van der Waals surface area contributed by atoms with E-state index in [0.717, 1.165) is 12.1 Å². The lowest BCUT2D eigenvalue weighted by Crippen LogP contribution is -2.43. The molecule has 1 aromatic carbocycles. The smallest absolute Gasteiger partial charge is 0.266 e. The molecule has 2 atom stereocenters. The van der Waals surface area contributed by atoms with Crippen molar-refractivity contribution in [3.05, 3.63) is 46.4 Å². The summed E-state index contributed by atoms with van der Waals surface area (Å²) in [6.07, 6.45) is 5.02. The molecule has 1 amide bonds. The second-order valence-electron chi connectivity index (χ2n) is 8.91. The fraction of sp³-hybridized carbons (Fsp3) is 0.500. The Morgan fingerprint density at radius 1 is 1.31 bits per heavy atom. The van der Waals surface area contributed by atoms with Crippen molar-refractivity contribution in [2.75, 3.05) is 6.54 Å². The molecule has 32 heavy (non-hydrogen) atoms. The summed E-state index contributed by atoms with van der Waals surface area (Å²) in [5.74, 6) is 0.123. The van der Waals surface area contributed by atoms with Crippen LogP contribution in [0.3, 0.4) is 0 Å². The van der Waals surface area contributed by atoms with Crippen molar-refractivity contribution >= 4 is 17.5 Å². The number of hydrogen-bond donors (Lipinski definition) is 2. The number of nitrogens with one attached hydrogen (secondary N) is 2. The number of hydrogen-bond acceptors (Lipinski definition) is 6. The summed E-state index contributed by atoms with van der Waals surface area (Å²) in [5, 5.41) is 9.56. The van der Waals surface area contributed by atoms with Gasteiger partial charge >= 0.3 is 0 Å². The fourth-order valence-corrected chi connectivity index (χ4v) is 4.29. The molecule has 1 aliphatic rings. The Hall–Kier alpha value is -2.53. The molecule has 8 heteroatoms. The van der Waals surface area contributed by atoms with Crippen LogP contribution in [0.4, 0.5) is 0 Å². The van der Waals surface area contributed by atoms with Gasteiger partial charge in [0.15, 0.2) is 0 Å². The van der Waals surface area contributed by atoms with Crippen LogP contribution in [0.2, 0.25) is 5.02 Å². The zero-order chi connectivity index (χ0) is 23.3. The summed E-state index contributed by atoms with van der Waals surface area (Å²) in [6, 6.07) is 8.69. The molecular weight excluding hydrogens is 424 g/mol. The Balaban J connectivity index is 1.98. The van der Waals surface area contributed by atoms with Crippen LogP contribution in [-0.2, 0) is 6.54 Å². The molecule has 3 rings (SSSR count). The number of piperidine rings is 1. The molecule has 0 saturated carbocycles. The number of carbonyl (C=O) groups excluding carboxylic acids is 1. The molecule has 2 N–H and O–H groups in total. The van der Waals surface area contributed by atoms with E-state index < -0.39 is 0 Å². The van der Waals surface area contributed by atoms with Crippen LogP contribution in [0.15, 0.2) is 24.4 Å². The number of aromatic nitrogens is 2. The first kappa shape index (κ1) is 24.1. The maximum absolute atomic E-state index is 13.0. The Morgan fingerprint density at radius 3 is 2.69 bits per heavy atom. The third-order valence-corrected chi connectivity index (χ3v) is 6.16. The van der Waals surface area contributed by atoms with Crippen molar-refractivity contribution in [1.82, 2.24) is 25.7 Å². The van der Waals surface area contributed by atoms with Gasteiger partial charge in [-0.1, -0.05) is 37.9 Å². The highest BCUT2D eigenvalue weighted by atomic mass is 35.5. The maximum Gasteiger partial charge on any atom is 0.266 e. The minimum atomic E-state index is -0.278. The number of hydrazine groups is 1. The van der Waals surface area contributed by atoms with Crippen LogP contribution >= 0.6 is 11.6 Å². The average molecular weight is 455 g/mol. The quantitative estimate of drug-likeness (QED) is 0.605. The summed E-state index contributed by atoms with van der Waals surface area (Å²) in [7, 11) is 0. The Morgan fingerprint density at radius 2 is 2.03 bits per heavy atom. The van der Waals surface area contributed by atoms with Gasteiger partial charge in [0.25, 0.3) is 5.91 Å². The van der Waals surface area contributed by atoms with Crippen LogP contribution in [0.5, 0.6) is 0 Å². The summed E-state index contributed by atoms with van der Waals surface area (Å²) >= 11 is 6.41. The predicted octanol–water partition coefficient (Wildman–Crippen LogP) is 4.32. The first-order chi connectivity index (χ1) is 15.3. The molecule has 2 unspecified atom stereocenters. The second-order valence-corrected chi connectivity index (χ2v) is 9.32. The van der Waals surface area contributed by atoms with E-state index in [1.54, 1.807) is 6.07 Å². The summed E-state index contributed by atoms with van der Waals surface area (Å²) < 4.78 is 0. The van der Waals surface area contributed by atoms with E-state index in [9.17, 15) is 10.1 Å². The minimum Gasteiger partial charge on any atom is -0.294 e. The number of amides is 1. The minimum absolute atomic E-state index is 0.0115. The molecule has 0 radical (unpaired) electrons. The number of benzene rings is 1. The second kappa shape index (κ2) is 10.9. The summed E-state index contributed by atoms with van der Waals surface area (Å²) in [4.78, 5) is 23.7. The van der Waals surface area contributed by atoms with Crippen molar-refractivity contribution < 1.29 is 4.79 Å². The lowest BCUT2D eigenvalue weighted by atomic mass is 9.95. The molecule has 2 aromatic rings. The number of carbonyl (C=O) groups is 1. The van der Waals surface area contributed by atoms with Gasteiger partial charge < -0.3 is 0 Å². The van der Waals surface area contributed by atoms with E-state index in [4.69, 9.17) is 11.6 Å². The van der Waals surface area contributed by atoms with Crippen LogP contribution in [0.1, 0.15) is 68.7 Å². The first-order valence-corrected chi connectivity index (χ1v) is 11.5. The zero-order valence-electron chi connectivity index (χ0n) is 19.2. The van der Waals surface area contributed by atoms with E-state index in [1.165, 1.54) is 25.5 Å². The number of nitrogens with zero attached hydrogens (tertiary/aromatic N) is 4. The molecule has 1 fully saturated rings. The van der Waals surface area contributed by atoms with Gasteiger partial charge in [-0.3, -0.25) is 15.1 Å². The van der Waals surface area contributed by atoms with E-state index in [1.807, 2.05) is 18.2 Å². The van der Waals surface area contributed by atoms with E-state index in [-0.39, 0.29) is 11.7 Å². The largest absolute Gasteiger partial charge is 0.294 e. The maximum atomic E-state index is 13.0. The molecule has 170 valence electrons. The molecule has 1 aliphatic heterocycles. The third kappa shape index (κ3) is 5.83. The van der Waals surface area contributed by atoms with Crippen LogP contribution in [0, 0.1) is 17.2 Å². The Bertz CT molecular complexity index is 992. The van der Waals surface area contributed by atoms with Crippen molar-refractivity contribution in [2.45, 2.75) is 65.6 Å². The molecule has 0 bridgehead atoms. The van der Waals surface area contributed by atoms with Crippen molar-refractivity contribution in [2.24, 2.45) is 5.92 Å². The molecule has 7 nitrogen and oxygen atoms in total. The molecule has 1 aromatic heterocycles. The fourth-order valence-electron chi connectivity index (χ4n) is 4.09. The van der Waals surface area contributed by atoms with Gasteiger partial charge in [0.2, 0.25) is 5.82 Å². The molecule has 2 heterocycles. The lowest BCUT2D eigenvalue weighted by Gasteiger charge is -2.39. The predicted molar refractivity (Wildman–Crippen MR) is 126 cm³/mol. The first-order valence-electron chi connectivity index (χ1n) is 11.1. The van der Waals surface area contributed by atoms with Gasteiger partial charge in [-0.25, -0.2) is 15.4 Å². The van der Waals surface area contributed by atoms with E-state index in [0.29, 0.717) is 46.4 Å². The van der Waals surface area contributed by atoms with E-state index >= 15 is 0 Å². The Labute approximate surface area is 195 Å². The van der Waals surface area contributed by atoms with Crippen LogP contribution < -0.4 is 10.9 Å². The lowest BCUT2D eigenvalue weighted by molar-refractivity contribution is 0.0929. The van der Waals surface area contributed by atoms with Crippen molar-refractivity contribution in [3.8, 4) is 17.3 Å². The van der Waals surface area contributed by atoms with Crippen molar-refractivity contribution in [1.29, 1.82) is 5.26 Å². The van der Waals surface area contributed by atoms with Gasteiger partial charge in [-0.15, -0.1) is 0 Å². The van der Waals surface area contributed by atoms with Gasteiger partial charge in [-0.2, -0.15) is 5.26 Å². The Kier molecular flexibility index (Phi) is 8.19. The molecular formula is C24H31ClN6O. The molecule has 0 aliphatic carbocycles. The number of rotatable bonds is 7. The molecule has 0 spiro atoms. The van der Waals surface area contributed by atoms with Gasteiger partial charge in [0, 0.05) is 30.7 Å². The van der Waals surface area contributed by atoms with Gasteiger partial charge in [0.1, 0.15) is 6.07 Å². The molecule has 1 saturated heterocycles. The highest BCUT2D eigenvalue weighted by Crippen LogP contribution is 2.31. The van der Waals surface area contributed by atoms with Gasteiger partial charge in [-0.05, 0) is 50.3 Å². The number of nitriles is 1. The summed E-state index contributed by atoms with van der Waals surface area (Å²) in [6.45, 7) is 10.1. The highest BCUT2D eigenvalue weighted by Gasteiger charge is 2.25. The highest BCUT2D eigenvalue weighted by molar-refractivity contribution is 6.33. The zero-order valence-corrected chi connectivity index (χ0v) is 19.9. The monoisotopic (exact) mass is 454 g/mol. The standard InChI is InChI=1S/C24H31ClN6O/c1-15(2)12-28-30-24(32)19-9-8-18(14-31-16(3)6-5-7-17(31)4)10-20(19)23-21(25)13-27-22(11-26)29-23/h8-10,13,15-17,28H,5-7,12,14H2,1-4H3,(H,30,32). The van der Waals surface area contributed by atoms with E-state index in [2.05, 4.69) is 53.4 Å². The summed E-state index contributed by atoms with van der Waals surface area (Å²) in [5.41, 5.74) is 8.20. The SMILES string of the molecule is CC(C)CNNC(=O)c1ccc(CN2C(C)CCCC2C)cc1-c1nc(C#N)ncc1Cl. The number of halogens is 1. The third-order valence-electron chi connectivity index (χ3n) is 5.88. The van der Waals surface area contributed by atoms with Crippen LogP contribution in [0.25, 0.3) is 11.3 Å². The average Bonchev–Trinajstić information content (AvgIpc) is 2.76.